The van der Waals surface area contributed by atoms with Crippen molar-refractivity contribution < 1.29 is 28.9 Å². The smallest absolute Gasteiger partial charge is 0.329 e. The summed E-state index contributed by atoms with van der Waals surface area (Å²) in [5.41, 5.74) is 3.04. The molecule has 0 unspecified atom stereocenters. The quantitative estimate of drug-likeness (QED) is 0.401. The maximum Gasteiger partial charge on any atom is 0.329 e. The van der Waals surface area contributed by atoms with Crippen molar-refractivity contribution in [2.24, 2.45) is 5.10 Å². The summed E-state index contributed by atoms with van der Waals surface area (Å²) in [7, 11) is 4.37. The molecule has 2 rings (SSSR count). The molecule has 0 heterocycles. The minimum absolute atomic E-state index is 0.0204. The number of nitrogens with zero attached hydrogens (tertiary/aromatic N) is 1. The van der Waals surface area contributed by atoms with Crippen LogP contribution in [0.5, 0.6) is 23.0 Å². The van der Waals surface area contributed by atoms with E-state index in [4.69, 9.17) is 14.2 Å². The number of ether oxygens (including phenoxy) is 3. The van der Waals surface area contributed by atoms with Gasteiger partial charge in [0.25, 0.3) is 0 Å². The van der Waals surface area contributed by atoms with Gasteiger partial charge in [-0.05, 0) is 35.9 Å². The first-order valence-corrected chi connectivity index (χ1v) is 7.72. The van der Waals surface area contributed by atoms with Gasteiger partial charge in [-0.2, -0.15) is 5.10 Å². The molecule has 2 aromatic carbocycles. The van der Waals surface area contributed by atoms with Gasteiger partial charge < -0.3 is 24.6 Å². The lowest BCUT2D eigenvalue weighted by molar-refractivity contribution is -0.136. The average molecular weight is 373 g/mol. The number of benzene rings is 2. The van der Waals surface area contributed by atoms with Gasteiger partial charge in [-0.1, -0.05) is 0 Å². The van der Waals surface area contributed by atoms with Crippen molar-refractivity contribution in [1.29, 1.82) is 0 Å². The predicted molar refractivity (Wildman–Crippen MR) is 98.6 cm³/mol. The molecule has 2 aromatic rings. The van der Waals surface area contributed by atoms with Crippen LogP contribution in [0, 0.1) is 0 Å². The Morgan fingerprint density at radius 1 is 0.926 bits per heavy atom. The van der Waals surface area contributed by atoms with E-state index >= 15 is 0 Å². The molecule has 0 aromatic heterocycles. The van der Waals surface area contributed by atoms with E-state index < -0.39 is 11.8 Å². The first kappa shape index (κ1) is 19.6. The Balaban J connectivity index is 1.97. The molecule has 27 heavy (non-hydrogen) atoms. The highest BCUT2D eigenvalue weighted by molar-refractivity contribution is 6.39. The van der Waals surface area contributed by atoms with E-state index in [0.717, 1.165) is 0 Å². The second-order valence-corrected chi connectivity index (χ2v) is 5.15. The summed E-state index contributed by atoms with van der Waals surface area (Å²) in [5.74, 6) is -0.706. The average Bonchev–Trinajstić information content (AvgIpc) is 2.68. The zero-order valence-corrected chi connectivity index (χ0v) is 15.0. The highest BCUT2D eigenvalue weighted by Crippen LogP contribution is 2.29. The predicted octanol–water partition coefficient (Wildman–Crippen LogP) is 1.51. The monoisotopic (exact) mass is 373 g/mol. The number of carbonyl (C=O) groups excluding carboxylic acids is 2. The number of hydrazone groups is 1. The van der Waals surface area contributed by atoms with Crippen LogP contribution in [0.1, 0.15) is 5.56 Å². The number of hydrogen-bond acceptors (Lipinski definition) is 7. The summed E-state index contributed by atoms with van der Waals surface area (Å²) in [4.78, 5) is 23.8. The topological polar surface area (TPSA) is 118 Å². The van der Waals surface area contributed by atoms with E-state index in [0.29, 0.717) is 22.7 Å². The lowest BCUT2D eigenvalue weighted by Crippen LogP contribution is -2.32. The zero-order chi connectivity index (χ0) is 19.8. The summed E-state index contributed by atoms with van der Waals surface area (Å²) in [5, 5.41) is 15.7. The molecule has 0 saturated heterocycles. The zero-order valence-electron chi connectivity index (χ0n) is 15.0. The van der Waals surface area contributed by atoms with Crippen LogP contribution in [0.15, 0.2) is 41.5 Å². The van der Waals surface area contributed by atoms with Crippen molar-refractivity contribution in [1.82, 2.24) is 5.43 Å². The van der Waals surface area contributed by atoms with Gasteiger partial charge in [0, 0.05) is 11.8 Å². The molecule has 142 valence electrons. The van der Waals surface area contributed by atoms with E-state index in [9.17, 15) is 14.7 Å². The minimum atomic E-state index is -0.952. The normalized spacial score (nSPS) is 10.3. The van der Waals surface area contributed by atoms with Gasteiger partial charge in [-0.15, -0.1) is 0 Å². The van der Waals surface area contributed by atoms with Crippen LogP contribution in [0.25, 0.3) is 0 Å². The van der Waals surface area contributed by atoms with Crippen LogP contribution < -0.4 is 25.0 Å². The molecule has 0 spiro atoms. The number of methoxy groups -OCH3 is 3. The molecule has 0 saturated carbocycles. The fourth-order valence-electron chi connectivity index (χ4n) is 2.09. The van der Waals surface area contributed by atoms with Crippen LogP contribution in [0.3, 0.4) is 0 Å². The minimum Gasteiger partial charge on any atom is -0.504 e. The van der Waals surface area contributed by atoms with E-state index in [-0.39, 0.29) is 11.5 Å². The van der Waals surface area contributed by atoms with Crippen molar-refractivity contribution in [3.63, 3.8) is 0 Å². The van der Waals surface area contributed by atoms with Gasteiger partial charge >= 0.3 is 11.8 Å². The summed E-state index contributed by atoms with van der Waals surface area (Å²) < 4.78 is 15.2. The van der Waals surface area contributed by atoms with Crippen LogP contribution in [-0.2, 0) is 9.59 Å². The molecule has 3 N–H and O–H groups in total. The Morgan fingerprint density at radius 2 is 1.63 bits per heavy atom. The van der Waals surface area contributed by atoms with Gasteiger partial charge in [-0.3, -0.25) is 9.59 Å². The Bertz CT molecular complexity index is 866. The first-order valence-electron chi connectivity index (χ1n) is 7.72. The summed E-state index contributed by atoms with van der Waals surface area (Å²) in [6, 6.07) is 9.20. The molecule has 0 fully saturated rings. The molecule has 0 aliphatic heterocycles. The molecular formula is C18H19N3O6. The van der Waals surface area contributed by atoms with E-state index in [1.54, 1.807) is 18.2 Å². The number of aromatic hydroxyl groups is 1. The van der Waals surface area contributed by atoms with Gasteiger partial charge in [0.2, 0.25) is 0 Å². The molecule has 9 heteroatoms. The fraction of sp³-hybridized carbons (Fsp3) is 0.167. The number of hydrogen-bond donors (Lipinski definition) is 3. The van der Waals surface area contributed by atoms with Gasteiger partial charge in [0.05, 0.1) is 27.5 Å². The van der Waals surface area contributed by atoms with Crippen molar-refractivity contribution >= 4 is 23.7 Å². The number of anilines is 1. The lowest BCUT2D eigenvalue weighted by atomic mass is 10.2. The molecule has 0 bridgehead atoms. The van der Waals surface area contributed by atoms with Crippen LogP contribution in [0.2, 0.25) is 0 Å². The van der Waals surface area contributed by atoms with Gasteiger partial charge in [0.15, 0.2) is 23.0 Å². The van der Waals surface area contributed by atoms with Gasteiger partial charge in [0.1, 0.15) is 0 Å². The first-order chi connectivity index (χ1) is 13.0. The second-order valence-electron chi connectivity index (χ2n) is 5.15. The third-order valence-electron chi connectivity index (χ3n) is 3.43. The second kappa shape index (κ2) is 9.09. The lowest BCUT2D eigenvalue weighted by Gasteiger charge is -2.10. The third kappa shape index (κ3) is 5.11. The number of carbonyl (C=O) groups is 2. The van der Waals surface area contributed by atoms with Crippen molar-refractivity contribution in [2.45, 2.75) is 0 Å². The fourth-order valence-corrected chi connectivity index (χ4v) is 2.09. The number of phenols is 1. The molecule has 9 nitrogen and oxygen atoms in total. The van der Waals surface area contributed by atoms with E-state index in [1.165, 1.54) is 45.7 Å². The summed E-state index contributed by atoms with van der Waals surface area (Å²) in [6.45, 7) is 0. The molecule has 0 aliphatic carbocycles. The third-order valence-corrected chi connectivity index (χ3v) is 3.43. The molecular weight excluding hydrogens is 354 g/mol. The number of phenolic OH excluding ortho intramolecular Hbond substituents is 1. The Morgan fingerprint density at radius 3 is 2.30 bits per heavy atom. The van der Waals surface area contributed by atoms with E-state index in [2.05, 4.69) is 15.8 Å². The van der Waals surface area contributed by atoms with Crippen LogP contribution in [0.4, 0.5) is 5.69 Å². The molecule has 2 amide bonds. The molecule has 0 radical (unpaired) electrons. The number of rotatable bonds is 6. The standard InChI is InChI=1S/C18H19N3O6/c1-25-14-7-5-12(9-16(14)27-3)20-17(23)18(24)21-19-10-11-4-6-13(22)15(8-11)26-2/h4-10,22H,1-3H3,(H,20,23)(H,21,24)/b19-10-. The number of amides is 2. The van der Waals surface area contributed by atoms with Crippen molar-refractivity contribution in [3.8, 4) is 23.0 Å². The maximum atomic E-state index is 11.9. The summed E-state index contributed by atoms with van der Waals surface area (Å²) >= 11 is 0. The van der Waals surface area contributed by atoms with Crippen LogP contribution >= 0.6 is 0 Å². The van der Waals surface area contributed by atoms with Gasteiger partial charge in [-0.25, -0.2) is 5.43 Å². The largest absolute Gasteiger partial charge is 0.504 e. The van der Waals surface area contributed by atoms with Crippen molar-refractivity contribution in [3.05, 3.63) is 42.0 Å². The molecule has 0 aliphatic rings. The van der Waals surface area contributed by atoms with E-state index in [1.807, 2.05) is 0 Å². The Kier molecular flexibility index (Phi) is 6.59. The molecule has 0 atom stereocenters. The Labute approximate surface area is 155 Å². The van der Waals surface area contributed by atoms with Crippen molar-refractivity contribution in [2.75, 3.05) is 26.6 Å². The van der Waals surface area contributed by atoms with Crippen LogP contribution in [-0.4, -0.2) is 44.5 Å². The maximum absolute atomic E-state index is 11.9. The SMILES string of the molecule is COc1cc(/C=N\NC(=O)C(=O)Nc2ccc(OC)c(OC)c2)ccc1O. The highest BCUT2D eigenvalue weighted by atomic mass is 16.5. The summed E-state index contributed by atoms with van der Waals surface area (Å²) in [6.07, 6.45) is 1.31. The highest BCUT2D eigenvalue weighted by Gasteiger charge is 2.14. The Hall–Kier alpha value is -3.75. The number of nitrogens with one attached hydrogen (secondary N) is 2.